The largest absolute Gasteiger partial charge is 0.309 e. The molecule has 204 valence electrons. The average Bonchev–Trinajstić information content (AvgIpc) is 3.38. The van der Waals surface area contributed by atoms with Gasteiger partial charge in [0, 0.05) is 22.0 Å². The topological polar surface area (TPSA) is 4.93 Å². The maximum absolute atomic E-state index is 2.48. The van der Waals surface area contributed by atoms with Crippen molar-refractivity contribution < 1.29 is 0 Å². The number of rotatable bonds is 4. The molecule has 1 aromatic heterocycles. The Bertz CT molecular complexity index is 2290. The lowest BCUT2D eigenvalue weighted by atomic mass is 9.93. The first kappa shape index (κ1) is 25.3. The normalized spacial score (nSPS) is 11.5. The summed E-state index contributed by atoms with van der Waals surface area (Å²) in [6, 6.07) is 55.4. The number of fused-ring (bicyclic) bond motifs is 4. The van der Waals surface area contributed by atoms with Crippen LogP contribution in [0, 0.1) is 13.8 Å². The molecule has 0 atom stereocenters. The van der Waals surface area contributed by atoms with Gasteiger partial charge in [0.15, 0.2) is 0 Å². The first-order valence-corrected chi connectivity index (χ1v) is 15.0. The van der Waals surface area contributed by atoms with E-state index in [0.29, 0.717) is 0 Å². The molecule has 1 nitrogen and oxygen atoms in total. The highest BCUT2D eigenvalue weighted by molar-refractivity contribution is 6.21. The number of hydrogen-bond acceptors (Lipinski definition) is 0. The minimum absolute atomic E-state index is 1.17. The second-order valence-corrected chi connectivity index (χ2v) is 11.5. The van der Waals surface area contributed by atoms with Gasteiger partial charge in [0.2, 0.25) is 0 Å². The Hall–Kier alpha value is -5.40. The van der Waals surface area contributed by atoms with E-state index in [2.05, 4.69) is 170 Å². The van der Waals surface area contributed by atoms with E-state index in [1.807, 2.05) is 0 Å². The van der Waals surface area contributed by atoms with Crippen LogP contribution in [0.2, 0.25) is 0 Å². The smallest absolute Gasteiger partial charge is 0.0625 e. The van der Waals surface area contributed by atoms with Crippen LogP contribution in [0.25, 0.3) is 71.6 Å². The third kappa shape index (κ3) is 4.16. The maximum atomic E-state index is 2.48. The monoisotopic (exact) mass is 549 g/mol. The number of benzene rings is 7. The van der Waals surface area contributed by atoms with E-state index >= 15 is 0 Å². The van der Waals surface area contributed by atoms with Crippen LogP contribution in [0.15, 0.2) is 152 Å². The Morgan fingerprint density at radius 3 is 1.86 bits per heavy atom. The molecule has 0 saturated carbocycles. The summed E-state index contributed by atoms with van der Waals surface area (Å²) in [6.45, 7) is 4.41. The quantitative estimate of drug-likeness (QED) is 0.206. The highest BCUT2D eigenvalue weighted by atomic mass is 15.0. The van der Waals surface area contributed by atoms with Crippen molar-refractivity contribution in [2.24, 2.45) is 0 Å². The molecular formula is C42H31N. The second kappa shape index (κ2) is 10.2. The molecule has 0 aliphatic heterocycles. The van der Waals surface area contributed by atoms with Gasteiger partial charge < -0.3 is 4.57 Å². The predicted octanol–water partition coefficient (Wildman–Crippen LogP) is 11.6. The third-order valence-corrected chi connectivity index (χ3v) is 8.88. The maximum Gasteiger partial charge on any atom is 0.0625 e. The van der Waals surface area contributed by atoms with Crippen LogP contribution in [0.1, 0.15) is 11.1 Å². The van der Waals surface area contributed by atoms with Crippen LogP contribution < -0.4 is 0 Å². The first-order chi connectivity index (χ1) is 21.2. The van der Waals surface area contributed by atoms with E-state index in [1.54, 1.807) is 0 Å². The molecule has 0 aliphatic rings. The summed E-state index contributed by atoms with van der Waals surface area (Å²) in [5.41, 5.74) is 13.7. The zero-order valence-corrected chi connectivity index (χ0v) is 24.4. The zero-order chi connectivity index (χ0) is 28.9. The zero-order valence-electron chi connectivity index (χ0n) is 24.4. The van der Waals surface area contributed by atoms with E-state index in [4.69, 9.17) is 0 Å². The Labute approximate surface area is 252 Å². The Balaban J connectivity index is 1.46. The van der Waals surface area contributed by atoms with Gasteiger partial charge in [0.25, 0.3) is 0 Å². The van der Waals surface area contributed by atoms with Gasteiger partial charge >= 0.3 is 0 Å². The first-order valence-electron chi connectivity index (χ1n) is 15.0. The van der Waals surface area contributed by atoms with Gasteiger partial charge in [-0.25, -0.2) is 0 Å². The van der Waals surface area contributed by atoms with Crippen LogP contribution in [-0.2, 0) is 0 Å². The molecule has 8 aromatic rings. The van der Waals surface area contributed by atoms with Crippen LogP contribution >= 0.6 is 0 Å². The van der Waals surface area contributed by atoms with Crippen molar-refractivity contribution in [3.8, 4) is 39.1 Å². The molecule has 43 heavy (non-hydrogen) atoms. The molecule has 0 fully saturated rings. The molecule has 0 unspecified atom stereocenters. The Kier molecular flexibility index (Phi) is 5.98. The molecule has 7 aromatic carbocycles. The van der Waals surface area contributed by atoms with E-state index in [-0.39, 0.29) is 0 Å². The van der Waals surface area contributed by atoms with Crippen molar-refractivity contribution in [3.63, 3.8) is 0 Å². The lowest BCUT2D eigenvalue weighted by Gasteiger charge is -2.17. The fraction of sp³-hybridized carbons (Fsp3) is 0.0476. The molecule has 0 radical (unpaired) electrons. The summed E-state index contributed by atoms with van der Waals surface area (Å²) in [5.74, 6) is 0. The molecule has 1 heterocycles. The molecule has 0 bridgehead atoms. The fourth-order valence-electron chi connectivity index (χ4n) is 6.73. The Morgan fingerprint density at radius 1 is 0.419 bits per heavy atom. The number of para-hydroxylation sites is 1. The van der Waals surface area contributed by atoms with Gasteiger partial charge in [-0.1, -0.05) is 127 Å². The molecular weight excluding hydrogens is 518 g/mol. The summed E-state index contributed by atoms with van der Waals surface area (Å²) in [5, 5.41) is 5.06. The molecule has 0 N–H and O–H groups in total. The van der Waals surface area contributed by atoms with E-state index in [1.165, 1.54) is 82.8 Å². The molecule has 0 aliphatic carbocycles. The van der Waals surface area contributed by atoms with E-state index in [0.717, 1.165) is 0 Å². The number of nitrogens with zero attached hydrogens (tertiary/aromatic N) is 1. The number of aromatic nitrogens is 1. The lowest BCUT2D eigenvalue weighted by Crippen LogP contribution is -1.98. The van der Waals surface area contributed by atoms with E-state index < -0.39 is 0 Å². The fourth-order valence-corrected chi connectivity index (χ4v) is 6.73. The summed E-state index contributed by atoms with van der Waals surface area (Å²) in [6.07, 6.45) is 0. The van der Waals surface area contributed by atoms with Gasteiger partial charge in [-0.2, -0.15) is 0 Å². The van der Waals surface area contributed by atoms with Crippen molar-refractivity contribution in [1.82, 2.24) is 4.57 Å². The van der Waals surface area contributed by atoms with Crippen LogP contribution in [0.3, 0.4) is 0 Å². The van der Waals surface area contributed by atoms with Crippen molar-refractivity contribution in [3.05, 3.63) is 163 Å². The van der Waals surface area contributed by atoms with Crippen molar-refractivity contribution in [1.29, 1.82) is 0 Å². The van der Waals surface area contributed by atoms with Gasteiger partial charge in [-0.15, -0.1) is 0 Å². The summed E-state index contributed by atoms with van der Waals surface area (Å²) in [7, 11) is 0. The highest BCUT2D eigenvalue weighted by Crippen LogP contribution is 2.43. The minimum Gasteiger partial charge on any atom is -0.309 e. The minimum atomic E-state index is 1.17. The van der Waals surface area contributed by atoms with Gasteiger partial charge in [0.1, 0.15) is 0 Å². The predicted molar refractivity (Wildman–Crippen MR) is 184 cm³/mol. The van der Waals surface area contributed by atoms with Crippen LogP contribution in [0.4, 0.5) is 0 Å². The third-order valence-electron chi connectivity index (χ3n) is 8.88. The number of aryl methyl sites for hydroxylation is 2. The van der Waals surface area contributed by atoms with Gasteiger partial charge in [-0.05, 0) is 87.8 Å². The highest BCUT2D eigenvalue weighted by Gasteiger charge is 2.20. The summed E-state index contributed by atoms with van der Waals surface area (Å²) >= 11 is 0. The van der Waals surface area contributed by atoms with Crippen molar-refractivity contribution in [2.45, 2.75) is 13.8 Å². The Morgan fingerprint density at radius 2 is 1.05 bits per heavy atom. The second-order valence-electron chi connectivity index (χ2n) is 11.5. The van der Waals surface area contributed by atoms with Gasteiger partial charge in [-0.3, -0.25) is 0 Å². The lowest BCUT2D eigenvalue weighted by molar-refractivity contribution is 1.18. The standard InChI is InChI=1S/C42H31N/c1-28-12-6-8-16-35(28)38-27-34(25-20-29(38)2)43-40-19-11-10-18-37(40)39-26-33-15-7-9-17-36(33)41(42(39)43)32-23-21-31(22-24-32)30-13-4-3-5-14-30/h3-27H,1-2H3. The van der Waals surface area contributed by atoms with E-state index in [9.17, 15) is 0 Å². The van der Waals surface area contributed by atoms with Crippen LogP contribution in [0.5, 0.6) is 0 Å². The number of hydrogen-bond donors (Lipinski definition) is 0. The molecule has 0 saturated heterocycles. The summed E-state index contributed by atoms with van der Waals surface area (Å²) in [4.78, 5) is 0. The van der Waals surface area contributed by atoms with Crippen molar-refractivity contribution in [2.75, 3.05) is 0 Å². The van der Waals surface area contributed by atoms with Crippen LogP contribution in [-0.4, -0.2) is 4.57 Å². The summed E-state index contributed by atoms with van der Waals surface area (Å²) < 4.78 is 2.48. The van der Waals surface area contributed by atoms with Crippen molar-refractivity contribution >= 4 is 32.6 Å². The van der Waals surface area contributed by atoms with Gasteiger partial charge in [0.05, 0.1) is 11.0 Å². The SMILES string of the molecule is Cc1ccccc1-c1cc(-n2c3ccccc3c3cc4ccccc4c(-c4ccc(-c5ccccc5)cc4)c32)ccc1C. The molecule has 0 amide bonds. The molecule has 1 heteroatoms. The molecule has 0 spiro atoms. The molecule has 8 rings (SSSR count). The average molecular weight is 550 g/mol.